The molecular weight excluding hydrogens is 268 g/mol. The third kappa shape index (κ3) is 1.64. The molecule has 0 aliphatic carbocycles. The lowest BCUT2D eigenvalue weighted by atomic mass is 10.2. The lowest BCUT2D eigenvalue weighted by Gasteiger charge is -2.09. The van der Waals surface area contributed by atoms with Crippen LogP contribution in [-0.2, 0) is 0 Å². The summed E-state index contributed by atoms with van der Waals surface area (Å²) < 4.78 is 3.07. The summed E-state index contributed by atoms with van der Waals surface area (Å²) in [5.74, 6) is 0.371. The number of pyridine rings is 1. The molecule has 0 saturated carbocycles. The lowest BCUT2D eigenvalue weighted by molar-refractivity contribution is 0.912. The van der Waals surface area contributed by atoms with Crippen molar-refractivity contribution in [3.05, 3.63) is 58.8 Å². The van der Waals surface area contributed by atoms with Crippen LogP contribution in [0.3, 0.4) is 0 Å². The van der Waals surface area contributed by atoms with Crippen molar-refractivity contribution >= 4 is 16.8 Å². The third-order valence-corrected chi connectivity index (χ3v) is 3.42. The molecule has 4 aromatic rings. The van der Waals surface area contributed by atoms with Gasteiger partial charge in [0.15, 0.2) is 5.52 Å². The molecule has 4 rings (SSSR count). The van der Waals surface area contributed by atoms with Crippen molar-refractivity contribution in [1.82, 2.24) is 29.4 Å². The molecule has 21 heavy (non-hydrogen) atoms. The molecule has 0 aliphatic rings. The zero-order chi connectivity index (χ0) is 14.4. The van der Waals surface area contributed by atoms with Gasteiger partial charge in [-0.1, -0.05) is 18.2 Å². The summed E-state index contributed by atoms with van der Waals surface area (Å²) >= 11 is 0. The summed E-state index contributed by atoms with van der Waals surface area (Å²) in [4.78, 5) is 16.6. The van der Waals surface area contributed by atoms with Gasteiger partial charge in [-0.25, -0.2) is 0 Å². The van der Waals surface area contributed by atoms with Crippen molar-refractivity contribution in [2.24, 2.45) is 0 Å². The van der Waals surface area contributed by atoms with Crippen LogP contribution in [0, 0.1) is 6.92 Å². The smallest absolute Gasteiger partial charge is 0.282 e. The molecule has 0 saturated heterocycles. The van der Waals surface area contributed by atoms with Crippen LogP contribution in [0.4, 0.5) is 0 Å². The molecule has 0 unspecified atom stereocenters. The molecule has 0 atom stereocenters. The van der Waals surface area contributed by atoms with Crippen molar-refractivity contribution in [2.75, 3.05) is 0 Å². The molecule has 0 radical (unpaired) electrons. The summed E-state index contributed by atoms with van der Waals surface area (Å²) in [6.07, 6.45) is 3.10. The van der Waals surface area contributed by atoms with Crippen LogP contribution in [-0.4, -0.2) is 29.4 Å². The highest BCUT2D eigenvalue weighted by atomic mass is 16.1. The van der Waals surface area contributed by atoms with E-state index in [0.29, 0.717) is 11.3 Å². The van der Waals surface area contributed by atoms with Crippen LogP contribution in [0.5, 0.6) is 0 Å². The molecule has 102 valence electrons. The van der Waals surface area contributed by atoms with Crippen LogP contribution < -0.4 is 5.56 Å². The molecule has 0 aliphatic heterocycles. The van der Waals surface area contributed by atoms with Crippen molar-refractivity contribution in [1.29, 1.82) is 0 Å². The van der Waals surface area contributed by atoms with Crippen LogP contribution in [0.15, 0.2) is 47.7 Å². The van der Waals surface area contributed by atoms with Crippen LogP contribution in [0.1, 0.15) is 5.56 Å². The first-order valence-electron chi connectivity index (χ1n) is 6.39. The summed E-state index contributed by atoms with van der Waals surface area (Å²) in [6, 6.07) is 9.47. The van der Waals surface area contributed by atoms with Gasteiger partial charge in [0.25, 0.3) is 11.3 Å². The molecule has 0 amide bonds. The summed E-state index contributed by atoms with van der Waals surface area (Å²) in [5, 5.41) is 12.0. The Kier molecular flexibility index (Phi) is 2.34. The average molecular weight is 278 g/mol. The Bertz CT molecular complexity index is 1030. The number of aryl methyl sites for hydroxylation is 1. The number of aromatic nitrogens is 6. The highest BCUT2D eigenvalue weighted by molar-refractivity contribution is 5.74. The SMILES string of the molecule is Cc1ccccc1-n1ccc2c(nnc3ncnn32)c1=O. The van der Waals surface area contributed by atoms with E-state index in [2.05, 4.69) is 20.3 Å². The third-order valence-electron chi connectivity index (χ3n) is 3.42. The number of hydrogen-bond acceptors (Lipinski definition) is 5. The zero-order valence-electron chi connectivity index (χ0n) is 11.1. The molecule has 7 heteroatoms. The Hall–Kier alpha value is -3.09. The van der Waals surface area contributed by atoms with E-state index in [1.165, 1.54) is 10.8 Å². The summed E-state index contributed by atoms with van der Waals surface area (Å²) in [6.45, 7) is 1.96. The van der Waals surface area contributed by atoms with Crippen molar-refractivity contribution < 1.29 is 0 Å². The molecular formula is C14H10N6O. The second kappa shape index (κ2) is 4.20. The monoisotopic (exact) mass is 278 g/mol. The van der Waals surface area contributed by atoms with E-state index in [0.717, 1.165) is 11.3 Å². The Labute approximate surface area is 118 Å². The fourth-order valence-corrected chi connectivity index (χ4v) is 2.37. The first kappa shape index (κ1) is 11.7. The number of nitrogens with zero attached hydrogens (tertiary/aromatic N) is 6. The number of para-hydroxylation sites is 1. The van der Waals surface area contributed by atoms with Gasteiger partial charge in [0, 0.05) is 6.20 Å². The quantitative estimate of drug-likeness (QED) is 0.521. The van der Waals surface area contributed by atoms with E-state index in [4.69, 9.17) is 0 Å². The first-order valence-corrected chi connectivity index (χ1v) is 6.39. The van der Waals surface area contributed by atoms with E-state index in [9.17, 15) is 4.79 Å². The predicted molar refractivity (Wildman–Crippen MR) is 76.4 cm³/mol. The standard InChI is InChI=1S/C14H10N6O/c1-9-4-2-3-5-10(9)19-7-6-11-12(13(19)21)17-18-14-15-8-16-20(11)14/h2-8H,1H3. The topological polar surface area (TPSA) is 78.0 Å². The van der Waals surface area contributed by atoms with E-state index < -0.39 is 0 Å². The first-order chi connectivity index (χ1) is 10.3. The highest BCUT2D eigenvalue weighted by Gasteiger charge is 2.11. The second-order valence-corrected chi connectivity index (χ2v) is 4.68. The van der Waals surface area contributed by atoms with E-state index in [-0.39, 0.29) is 11.1 Å². The summed E-state index contributed by atoms with van der Waals surface area (Å²) in [5.41, 5.74) is 2.46. The molecule has 1 aromatic carbocycles. The number of benzene rings is 1. The fraction of sp³-hybridized carbons (Fsp3) is 0.0714. The molecule has 0 fully saturated rings. The normalized spacial score (nSPS) is 11.3. The Morgan fingerprint density at radius 3 is 2.81 bits per heavy atom. The van der Waals surface area contributed by atoms with Crippen LogP contribution in [0.25, 0.3) is 22.5 Å². The minimum Gasteiger partial charge on any atom is -0.282 e. The molecule has 3 aromatic heterocycles. The fourth-order valence-electron chi connectivity index (χ4n) is 2.37. The van der Waals surface area contributed by atoms with Gasteiger partial charge >= 0.3 is 0 Å². The maximum atomic E-state index is 12.6. The summed E-state index contributed by atoms with van der Waals surface area (Å²) in [7, 11) is 0. The van der Waals surface area contributed by atoms with Crippen molar-refractivity contribution in [3.8, 4) is 5.69 Å². The van der Waals surface area contributed by atoms with E-state index >= 15 is 0 Å². The predicted octanol–water partition coefficient (Wildman–Crippen LogP) is 1.13. The van der Waals surface area contributed by atoms with Gasteiger partial charge in [-0.05, 0) is 24.6 Å². The van der Waals surface area contributed by atoms with Gasteiger partial charge in [0.2, 0.25) is 0 Å². The van der Waals surface area contributed by atoms with Gasteiger partial charge in [0.05, 0.1) is 5.69 Å². The molecule has 0 spiro atoms. The number of hydrogen-bond donors (Lipinski definition) is 0. The van der Waals surface area contributed by atoms with Gasteiger partial charge in [-0.2, -0.15) is 14.6 Å². The van der Waals surface area contributed by atoms with Gasteiger partial charge < -0.3 is 0 Å². The van der Waals surface area contributed by atoms with Gasteiger partial charge in [-0.15, -0.1) is 10.2 Å². The average Bonchev–Trinajstić information content (AvgIpc) is 2.97. The largest absolute Gasteiger partial charge is 0.285 e. The van der Waals surface area contributed by atoms with Crippen molar-refractivity contribution in [3.63, 3.8) is 0 Å². The Morgan fingerprint density at radius 1 is 1.10 bits per heavy atom. The maximum Gasteiger partial charge on any atom is 0.285 e. The number of rotatable bonds is 1. The maximum absolute atomic E-state index is 12.6. The minimum atomic E-state index is -0.230. The van der Waals surface area contributed by atoms with Gasteiger partial charge in [0.1, 0.15) is 11.8 Å². The Balaban J connectivity index is 2.10. The van der Waals surface area contributed by atoms with Crippen LogP contribution >= 0.6 is 0 Å². The Morgan fingerprint density at radius 2 is 1.95 bits per heavy atom. The lowest BCUT2D eigenvalue weighted by Crippen LogP contribution is -2.20. The van der Waals surface area contributed by atoms with E-state index in [1.54, 1.807) is 16.8 Å². The number of fused-ring (bicyclic) bond motifs is 3. The molecule has 0 N–H and O–H groups in total. The molecule has 7 nitrogen and oxygen atoms in total. The highest BCUT2D eigenvalue weighted by Crippen LogP contribution is 2.13. The van der Waals surface area contributed by atoms with Gasteiger partial charge in [-0.3, -0.25) is 9.36 Å². The molecule has 0 bridgehead atoms. The zero-order valence-corrected chi connectivity index (χ0v) is 11.1. The van der Waals surface area contributed by atoms with Crippen molar-refractivity contribution in [2.45, 2.75) is 6.92 Å². The van der Waals surface area contributed by atoms with Crippen LogP contribution in [0.2, 0.25) is 0 Å². The van der Waals surface area contributed by atoms with E-state index in [1.807, 2.05) is 31.2 Å². The minimum absolute atomic E-state index is 0.230. The molecule has 3 heterocycles. The second-order valence-electron chi connectivity index (χ2n) is 4.68.